The summed E-state index contributed by atoms with van der Waals surface area (Å²) in [6, 6.07) is 10.4. The van der Waals surface area contributed by atoms with Crippen molar-refractivity contribution < 1.29 is 14.3 Å². The Hall–Kier alpha value is -1.69. The number of hydrogen-bond acceptors (Lipinski definition) is 4. The first-order valence-electron chi connectivity index (χ1n) is 8.00. The zero-order valence-corrected chi connectivity index (χ0v) is 16.8. The lowest BCUT2D eigenvalue weighted by atomic mass is 10.1. The van der Waals surface area contributed by atoms with Gasteiger partial charge >= 0.3 is 5.97 Å². The van der Waals surface area contributed by atoms with Gasteiger partial charge < -0.3 is 10.1 Å². The molecule has 2 aromatic rings. The smallest absolute Gasteiger partial charge is 0.338 e. The van der Waals surface area contributed by atoms with E-state index in [1.54, 1.807) is 43.3 Å². The van der Waals surface area contributed by atoms with Crippen molar-refractivity contribution in [3.05, 3.63) is 63.1 Å². The molecule has 0 heterocycles. The number of carbonyl (C=O) groups is 2. The molecule has 0 bridgehead atoms. The lowest BCUT2D eigenvalue weighted by Gasteiger charge is -2.10. The van der Waals surface area contributed by atoms with Crippen LogP contribution >= 0.6 is 35.0 Å². The van der Waals surface area contributed by atoms with Gasteiger partial charge in [0.15, 0.2) is 0 Å². The van der Waals surface area contributed by atoms with Crippen LogP contribution < -0.4 is 5.32 Å². The number of hydrogen-bond donors (Lipinski definition) is 1. The highest BCUT2D eigenvalue weighted by atomic mass is 35.5. The van der Waals surface area contributed by atoms with Crippen LogP contribution in [0.15, 0.2) is 36.4 Å². The minimum Gasteiger partial charge on any atom is -0.462 e. The summed E-state index contributed by atoms with van der Waals surface area (Å²) in [6.07, 6.45) is 0. The Bertz CT molecular complexity index is 791. The second kappa shape index (κ2) is 9.86. The maximum absolute atomic E-state index is 12.2. The van der Waals surface area contributed by atoms with Crippen LogP contribution in [0.4, 0.5) is 5.69 Å². The van der Waals surface area contributed by atoms with Crippen LogP contribution in [0.5, 0.6) is 0 Å². The predicted molar refractivity (Wildman–Crippen MR) is 108 cm³/mol. The number of carbonyl (C=O) groups excluding carboxylic acids is 2. The van der Waals surface area contributed by atoms with Crippen molar-refractivity contribution in [1.29, 1.82) is 0 Å². The summed E-state index contributed by atoms with van der Waals surface area (Å²) in [5, 5.41) is 4.03. The number of amides is 1. The van der Waals surface area contributed by atoms with E-state index in [0.717, 1.165) is 11.1 Å². The number of esters is 1. The standard InChI is InChI=1S/C19H19Cl2NO3S/c1-3-25-19(24)13-7-8-17(12(2)9-13)22-18(23)11-26-10-14-15(20)5-4-6-16(14)21/h4-9H,3,10-11H2,1-2H3,(H,22,23). The van der Waals surface area contributed by atoms with Gasteiger partial charge in [-0.2, -0.15) is 0 Å². The summed E-state index contributed by atoms with van der Waals surface area (Å²) in [4.78, 5) is 23.9. The van der Waals surface area contributed by atoms with E-state index in [1.807, 2.05) is 6.92 Å². The Morgan fingerprint density at radius 2 is 1.85 bits per heavy atom. The monoisotopic (exact) mass is 411 g/mol. The van der Waals surface area contributed by atoms with Crippen LogP contribution in [0.2, 0.25) is 10.0 Å². The van der Waals surface area contributed by atoms with E-state index in [9.17, 15) is 9.59 Å². The largest absolute Gasteiger partial charge is 0.462 e. The minimum absolute atomic E-state index is 0.134. The summed E-state index contributed by atoms with van der Waals surface area (Å²) in [5.41, 5.74) is 2.75. The Balaban J connectivity index is 1.90. The first-order chi connectivity index (χ1) is 12.4. The van der Waals surface area contributed by atoms with Gasteiger partial charge in [0.2, 0.25) is 5.91 Å². The molecule has 0 saturated carbocycles. The number of halogens is 2. The van der Waals surface area contributed by atoms with Gasteiger partial charge in [0.1, 0.15) is 0 Å². The number of ether oxygens (including phenoxy) is 1. The normalized spacial score (nSPS) is 10.5. The van der Waals surface area contributed by atoms with Crippen LogP contribution in [0, 0.1) is 6.92 Å². The summed E-state index contributed by atoms with van der Waals surface area (Å²) in [6.45, 7) is 3.91. The van der Waals surface area contributed by atoms with E-state index in [4.69, 9.17) is 27.9 Å². The molecule has 0 radical (unpaired) electrons. The van der Waals surface area contributed by atoms with Crippen LogP contribution in [-0.4, -0.2) is 24.2 Å². The van der Waals surface area contributed by atoms with E-state index in [2.05, 4.69) is 5.32 Å². The molecule has 0 fully saturated rings. The molecule has 0 aromatic heterocycles. The van der Waals surface area contributed by atoms with E-state index >= 15 is 0 Å². The molecule has 0 unspecified atom stereocenters. The fourth-order valence-corrected chi connectivity index (χ4v) is 3.81. The maximum atomic E-state index is 12.2. The molecule has 7 heteroatoms. The van der Waals surface area contributed by atoms with Crippen LogP contribution in [0.3, 0.4) is 0 Å². The molecule has 0 spiro atoms. The summed E-state index contributed by atoms with van der Waals surface area (Å²) in [5.74, 6) is 0.304. The molecule has 138 valence electrons. The highest BCUT2D eigenvalue weighted by Gasteiger charge is 2.11. The number of nitrogens with one attached hydrogen (secondary N) is 1. The third-order valence-corrected chi connectivity index (χ3v) is 5.22. The maximum Gasteiger partial charge on any atom is 0.338 e. The molecular weight excluding hydrogens is 393 g/mol. The lowest BCUT2D eigenvalue weighted by molar-refractivity contribution is -0.113. The molecule has 0 aliphatic rings. The quantitative estimate of drug-likeness (QED) is 0.623. The Kier molecular flexibility index (Phi) is 7.82. The minimum atomic E-state index is -0.374. The second-order valence-corrected chi connectivity index (χ2v) is 7.29. The molecule has 1 amide bonds. The van der Waals surface area contributed by atoms with Gasteiger partial charge in [0, 0.05) is 21.5 Å². The van der Waals surface area contributed by atoms with Crippen molar-refractivity contribution in [2.75, 3.05) is 17.7 Å². The number of rotatable bonds is 7. The average Bonchev–Trinajstić information content (AvgIpc) is 2.59. The first-order valence-corrected chi connectivity index (χ1v) is 9.91. The summed E-state index contributed by atoms with van der Waals surface area (Å²) < 4.78 is 4.97. The van der Waals surface area contributed by atoms with Crippen LogP contribution in [-0.2, 0) is 15.3 Å². The van der Waals surface area contributed by atoms with E-state index in [1.165, 1.54) is 11.8 Å². The molecule has 2 rings (SSSR count). The second-order valence-electron chi connectivity index (χ2n) is 5.49. The molecule has 0 atom stereocenters. The van der Waals surface area contributed by atoms with Gasteiger partial charge in [-0.25, -0.2) is 4.79 Å². The fourth-order valence-electron chi connectivity index (χ4n) is 2.25. The van der Waals surface area contributed by atoms with Crippen LogP contribution in [0.1, 0.15) is 28.4 Å². The number of benzene rings is 2. The third kappa shape index (κ3) is 5.66. The lowest BCUT2D eigenvalue weighted by Crippen LogP contribution is -2.15. The number of anilines is 1. The highest BCUT2D eigenvalue weighted by molar-refractivity contribution is 7.99. The molecule has 0 saturated heterocycles. The SMILES string of the molecule is CCOC(=O)c1ccc(NC(=O)CSCc2c(Cl)cccc2Cl)c(C)c1. The van der Waals surface area contributed by atoms with Gasteiger partial charge in [-0.15, -0.1) is 11.8 Å². The summed E-state index contributed by atoms with van der Waals surface area (Å²) >= 11 is 13.7. The molecular formula is C19H19Cl2NO3S. The summed E-state index contributed by atoms with van der Waals surface area (Å²) in [7, 11) is 0. The number of thioether (sulfide) groups is 1. The van der Waals surface area contributed by atoms with Crippen molar-refractivity contribution in [1.82, 2.24) is 0 Å². The third-order valence-electron chi connectivity index (χ3n) is 3.55. The van der Waals surface area contributed by atoms with E-state index in [0.29, 0.717) is 33.7 Å². The Morgan fingerprint density at radius 3 is 2.46 bits per heavy atom. The fraction of sp³-hybridized carbons (Fsp3) is 0.263. The van der Waals surface area contributed by atoms with Gasteiger partial charge in [0.05, 0.1) is 17.9 Å². The zero-order valence-electron chi connectivity index (χ0n) is 14.5. The van der Waals surface area contributed by atoms with Gasteiger partial charge in [-0.3, -0.25) is 4.79 Å². The molecule has 0 aliphatic heterocycles. The Morgan fingerprint density at radius 1 is 1.15 bits per heavy atom. The van der Waals surface area contributed by atoms with Gasteiger partial charge in [0.25, 0.3) is 0 Å². The van der Waals surface area contributed by atoms with Crippen molar-refractivity contribution in [2.24, 2.45) is 0 Å². The van der Waals surface area contributed by atoms with E-state index < -0.39 is 0 Å². The van der Waals surface area contributed by atoms with E-state index in [-0.39, 0.29) is 17.6 Å². The molecule has 1 N–H and O–H groups in total. The first kappa shape index (κ1) is 20.6. The van der Waals surface area contributed by atoms with Crippen molar-refractivity contribution in [3.63, 3.8) is 0 Å². The molecule has 0 aliphatic carbocycles. The van der Waals surface area contributed by atoms with Crippen molar-refractivity contribution in [3.8, 4) is 0 Å². The van der Waals surface area contributed by atoms with Gasteiger partial charge in [-0.05, 0) is 55.3 Å². The molecule has 26 heavy (non-hydrogen) atoms. The Labute approximate surface area is 167 Å². The van der Waals surface area contributed by atoms with Crippen molar-refractivity contribution >= 4 is 52.5 Å². The number of aryl methyl sites for hydroxylation is 1. The zero-order chi connectivity index (χ0) is 19.1. The topological polar surface area (TPSA) is 55.4 Å². The molecule has 2 aromatic carbocycles. The van der Waals surface area contributed by atoms with Gasteiger partial charge in [-0.1, -0.05) is 29.3 Å². The average molecular weight is 412 g/mol. The molecule has 4 nitrogen and oxygen atoms in total. The predicted octanol–water partition coefficient (Wildman–Crippen LogP) is 5.35. The van der Waals surface area contributed by atoms with Crippen molar-refractivity contribution in [2.45, 2.75) is 19.6 Å². The van der Waals surface area contributed by atoms with Crippen LogP contribution in [0.25, 0.3) is 0 Å². The highest BCUT2D eigenvalue weighted by Crippen LogP contribution is 2.28.